The normalized spacial score (nSPS) is 11.7. The number of benzene rings is 4. The first-order chi connectivity index (χ1) is 29.9. The molecule has 11 rings (SSSR count). The molecule has 0 saturated heterocycles. The molecule has 7 heterocycles. The topological polar surface area (TPSA) is 110 Å². The highest BCUT2D eigenvalue weighted by molar-refractivity contribution is 6.17. The van der Waals surface area contributed by atoms with E-state index in [2.05, 4.69) is 136 Å². The molecule has 0 radical (unpaired) electrons. The Morgan fingerprint density at radius 1 is 0.672 bits per heavy atom. The summed E-state index contributed by atoms with van der Waals surface area (Å²) in [6, 6.07) is 38.0. The van der Waals surface area contributed by atoms with Crippen LogP contribution < -0.4 is 14.4 Å². The number of hydrogen-bond donors (Lipinski definition) is 2. The van der Waals surface area contributed by atoms with Gasteiger partial charge in [0.1, 0.15) is 17.9 Å². The lowest BCUT2D eigenvalue weighted by atomic mass is 9.96. The number of H-pyrrole nitrogens is 2. The molecule has 10 heteroatoms. The van der Waals surface area contributed by atoms with Crippen molar-refractivity contribution >= 4 is 60.2 Å². The molecule has 10 nitrogen and oxygen atoms in total. The second-order valence-electron chi connectivity index (χ2n) is 15.6. The molecule has 0 bridgehead atoms. The van der Waals surface area contributed by atoms with Crippen molar-refractivity contribution in [3.63, 3.8) is 0 Å². The van der Waals surface area contributed by atoms with Crippen LogP contribution in [-0.4, -0.2) is 55.7 Å². The predicted octanol–water partition coefficient (Wildman–Crippen LogP) is 11.3. The average Bonchev–Trinajstić information content (AvgIpc) is 4.00. The first-order valence-corrected chi connectivity index (χ1v) is 20.2. The van der Waals surface area contributed by atoms with Crippen molar-refractivity contribution in [3.8, 4) is 56.4 Å². The summed E-state index contributed by atoms with van der Waals surface area (Å²) in [6.45, 7) is 0.286. The average molecular weight is 797 g/mol. The monoisotopic (exact) mass is 796 g/mol. The third kappa shape index (κ3) is 6.10. The summed E-state index contributed by atoms with van der Waals surface area (Å²) in [4.78, 5) is 28.1. The van der Waals surface area contributed by atoms with Crippen molar-refractivity contribution in [1.82, 2.24) is 34.5 Å². The number of methoxy groups -OCH3 is 1. The highest BCUT2D eigenvalue weighted by atomic mass is 16.5. The molecule has 296 valence electrons. The van der Waals surface area contributed by atoms with Crippen LogP contribution in [0, 0.1) is 0 Å². The predicted molar refractivity (Wildman–Crippen MR) is 246 cm³/mol. The van der Waals surface area contributed by atoms with Gasteiger partial charge >= 0.3 is 0 Å². The molecule has 0 fully saturated rings. The Hall–Kier alpha value is -7.98. The summed E-state index contributed by atoms with van der Waals surface area (Å²) >= 11 is 0. The smallest absolute Gasteiger partial charge is 0.239 e. The Kier molecular flexibility index (Phi) is 8.52. The Morgan fingerprint density at radius 2 is 1.46 bits per heavy atom. The van der Waals surface area contributed by atoms with Crippen LogP contribution in [0.25, 0.3) is 99.3 Å². The largest absolute Gasteiger partial charge is 0.496 e. The molecule has 4 aromatic carbocycles. The number of aryl methyl sites for hydroxylation is 1. The van der Waals surface area contributed by atoms with E-state index in [0.717, 1.165) is 105 Å². The van der Waals surface area contributed by atoms with Crippen molar-refractivity contribution in [3.05, 3.63) is 152 Å². The number of aromatic amines is 2. The second-order valence-corrected chi connectivity index (χ2v) is 15.6. The number of nitrogens with zero attached hydrogens (tertiary/aromatic N) is 6. The van der Waals surface area contributed by atoms with Crippen LogP contribution in [0.3, 0.4) is 0 Å². The van der Waals surface area contributed by atoms with E-state index < -0.39 is 0 Å². The Labute approximate surface area is 351 Å². The summed E-state index contributed by atoms with van der Waals surface area (Å²) in [7, 11) is 7.92. The van der Waals surface area contributed by atoms with Gasteiger partial charge in [0.25, 0.3) is 0 Å². The number of rotatable bonds is 9. The van der Waals surface area contributed by atoms with Crippen LogP contribution in [0.4, 0.5) is 5.69 Å². The molecule has 11 aromatic rings. The molecule has 0 aliphatic carbocycles. The van der Waals surface area contributed by atoms with Crippen molar-refractivity contribution in [1.29, 1.82) is 0 Å². The van der Waals surface area contributed by atoms with Crippen LogP contribution in [0.5, 0.6) is 11.6 Å². The van der Waals surface area contributed by atoms with E-state index in [1.165, 1.54) is 10.9 Å². The fraction of sp³-hybridized carbons (Fsp3) is 0.0980. The maximum absolute atomic E-state index is 6.82. The van der Waals surface area contributed by atoms with Crippen LogP contribution in [0.1, 0.15) is 5.56 Å². The van der Waals surface area contributed by atoms with Gasteiger partial charge in [0.2, 0.25) is 5.88 Å². The maximum Gasteiger partial charge on any atom is 0.239 e. The quantitative estimate of drug-likeness (QED) is 0.150. The van der Waals surface area contributed by atoms with Crippen molar-refractivity contribution in [2.75, 3.05) is 26.1 Å². The zero-order valence-corrected chi connectivity index (χ0v) is 34.1. The SMILES string of the molecule is COc1ccc2[nH]c3cnc(-c4cccnc4)cc3c2c1-c1ccc(COc2nc(-c3cccnc3)cc3c2[nH]c2cccc(-c4ccc5c(ccn5C)c4)c23)c(N(C)C)c1. The number of anilines is 1. The molecule has 2 N–H and O–H groups in total. The highest BCUT2D eigenvalue weighted by Crippen LogP contribution is 2.44. The van der Waals surface area contributed by atoms with Gasteiger partial charge in [-0.15, -0.1) is 0 Å². The first-order valence-electron chi connectivity index (χ1n) is 20.2. The van der Waals surface area contributed by atoms with Crippen LogP contribution in [0.15, 0.2) is 146 Å². The van der Waals surface area contributed by atoms with Crippen LogP contribution in [-0.2, 0) is 13.7 Å². The minimum Gasteiger partial charge on any atom is -0.496 e. The summed E-state index contributed by atoms with van der Waals surface area (Å²) < 4.78 is 15.0. The standard InChI is InChI=1S/C51H40N8O2/c1-58(2)45-23-32(47-46(60-4)17-15-40-49(47)37-24-41(54-28-43(37)55-40)33-8-6-19-52-26-33)12-13-35(45)29-61-51-50-38(25-42(57-51)34-9-7-20-53-27-34)48-36(10-5-11-39(48)56-50)30-14-16-44-31(22-30)18-21-59(44)3/h5-28,55-56H,29H2,1-4H3. The third-order valence-corrected chi connectivity index (χ3v) is 11.7. The van der Waals surface area contributed by atoms with E-state index in [1.807, 2.05) is 48.9 Å². The number of hydrogen-bond acceptors (Lipinski definition) is 7. The number of nitrogens with one attached hydrogen (secondary N) is 2. The minimum absolute atomic E-state index is 0.286. The Bertz CT molecular complexity index is 3460. The molecule has 0 amide bonds. The number of ether oxygens (including phenoxy) is 2. The first kappa shape index (κ1) is 36.1. The minimum atomic E-state index is 0.286. The number of pyridine rings is 4. The fourth-order valence-electron chi connectivity index (χ4n) is 8.78. The van der Waals surface area contributed by atoms with Gasteiger partial charge in [0.05, 0.1) is 30.2 Å². The summed E-state index contributed by atoms with van der Waals surface area (Å²) in [5.74, 6) is 1.30. The molecule has 0 atom stereocenters. The van der Waals surface area contributed by atoms with Crippen LogP contribution in [0.2, 0.25) is 0 Å². The molecule has 0 unspecified atom stereocenters. The van der Waals surface area contributed by atoms with E-state index in [-0.39, 0.29) is 6.61 Å². The van der Waals surface area contributed by atoms with E-state index in [4.69, 9.17) is 19.4 Å². The van der Waals surface area contributed by atoms with E-state index in [0.29, 0.717) is 5.88 Å². The van der Waals surface area contributed by atoms with Crippen molar-refractivity contribution < 1.29 is 9.47 Å². The zero-order chi connectivity index (χ0) is 41.2. The molecule has 7 aromatic heterocycles. The molecule has 61 heavy (non-hydrogen) atoms. The fourth-order valence-corrected chi connectivity index (χ4v) is 8.78. The van der Waals surface area contributed by atoms with Gasteiger partial charge in [0.15, 0.2) is 0 Å². The Morgan fingerprint density at radius 3 is 2.25 bits per heavy atom. The summed E-state index contributed by atoms with van der Waals surface area (Å²) in [5.41, 5.74) is 14.8. The highest BCUT2D eigenvalue weighted by Gasteiger charge is 2.21. The van der Waals surface area contributed by atoms with Gasteiger partial charge < -0.3 is 28.9 Å². The summed E-state index contributed by atoms with van der Waals surface area (Å²) in [5, 5.41) is 5.47. The lowest BCUT2D eigenvalue weighted by molar-refractivity contribution is 0.298. The third-order valence-electron chi connectivity index (χ3n) is 11.7. The van der Waals surface area contributed by atoms with Gasteiger partial charge in [-0.1, -0.05) is 30.3 Å². The Balaban J connectivity index is 1.02. The van der Waals surface area contributed by atoms with Gasteiger partial charge in [-0.2, -0.15) is 0 Å². The molecule has 0 aliphatic heterocycles. The number of fused-ring (bicyclic) bond motifs is 7. The van der Waals surface area contributed by atoms with E-state index >= 15 is 0 Å². The van der Waals surface area contributed by atoms with E-state index in [9.17, 15) is 0 Å². The number of aromatic nitrogens is 7. The zero-order valence-electron chi connectivity index (χ0n) is 34.1. The van der Waals surface area contributed by atoms with Gasteiger partial charge in [-0.3, -0.25) is 15.0 Å². The summed E-state index contributed by atoms with van der Waals surface area (Å²) in [6.07, 6.45) is 11.2. The van der Waals surface area contributed by atoms with Gasteiger partial charge in [-0.05, 0) is 95.6 Å². The van der Waals surface area contributed by atoms with Crippen LogP contribution >= 0.6 is 0 Å². The molecule has 0 aliphatic rings. The molecule has 0 spiro atoms. The molecular formula is C51H40N8O2. The maximum atomic E-state index is 6.82. The van der Waals surface area contributed by atoms with Gasteiger partial charge in [0, 0.05) is 124 Å². The van der Waals surface area contributed by atoms with Crippen molar-refractivity contribution in [2.45, 2.75) is 6.61 Å². The molecule has 0 saturated carbocycles. The van der Waals surface area contributed by atoms with Crippen molar-refractivity contribution in [2.24, 2.45) is 7.05 Å². The van der Waals surface area contributed by atoms with E-state index in [1.54, 1.807) is 19.5 Å². The second kappa shape index (κ2) is 14.4. The lowest BCUT2D eigenvalue weighted by Crippen LogP contribution is -2.13. The molecular weight excluding hydrogens is 757 g/mol. The van der Waals surface area contributed by atoms with Gasteiger partial charge in [-0.25, -0.2) is 4.98 Å². The lowest BCUT2D eigenvalue weighted by Gasteiger charge is -2.20.